The Morgan fingerprint density at radius 2 is 1.89 bits per heavy atom. The van der Waals surface area contributed by atoms with Crippen LogP contribution in [-0.4, -0.2) is 33.2 Å². The van der Waals surface area contributed by atoms with Crippen LogP contribution >= 0.6 is 46.6 Å². The van der Waals surface area contributed by atoms with Gasteiger partial charge in [-0.3, -0.25) is 4.79 Å². The van der Waals surface area contributed by atoms with Crippen molar-refractivity contribution in [3.05, 3.63) is 17.6 Å². The Balaban J connectivity index is 2.96. The normalized spacial score (nSPS) is 11.5. The first-order valence-corrected chi connectivity index (χ1v) is 7.62. The lowest BCUT2D eigenvalue weighted by Crippen LogP contribution is -2.26. The average molecular weight is 343 g/mol. The summed E-state index contributed by atoms with van der Waals surface area (Å²) < 4.78 is -1.69. The molecule has 0 fully saturated rings. The quantitative estimate of drug-likeness (QED) is 0.470. The number of carbonyl (C=O) groups excluding carboxylic acids is 1. The van der Waals surface area contributed by atoms with Crippen molar-refractivity contribution in [2.24, 2.45) is 0 Å². The zero-order valence-corrected chi connectivity index (χ0v) is 13.9. The van der Waals surface area contributed by atoms with Crippen LogP contribution in [-0.2, 0) is 3.79 Å². The average Bonchev–Trinajstić information content (AvgIpc) is 2.28. The van der Waals surface area contributed by atoms with Crippen molar-refractivity contribution >= 4 is 51.8 Å². The molecule has 1 rings (SSSR count). The van der Waals surface area contributed by atoms with Gasteiger partial charge in [0.2, 0.25) is 3.79 Å². The summed E-state index contributed by atoms with van der Waals surface area (Å²) in [5.74, 6) is 0.0762. The predicted octanol–water partition coefficient (Wildman–Crippen LogP) is 4.17. The maximum Gasteiger partial charge on any atom is 0.287 e. The number of nitrogens with zero attached hydrogens (tertiary/aromatic N) is 3. The van der Waals surface area contributed by atoms with Gasteiger partial charge in [-0.2, -0.15) is 0 Å². The summed E-state index contributed by atoms with van der Waals surface area (Å²) >= 11 is 18.3. The van der Waals surface area contributed by atoms with Crippen LogP contribution in [0.5, 0.6) is 0 Å². The molecule has 1 heterocycles. The monoisotopic (exact) mass is 341 g/mol. The van der Waals surface area contributed by atoms with Crippen molar-refractivity contribution in [2.45, 2.75) is 29.6 Å². The van der Waals surface area contributed by atoms with E-state index in [0.29, 0.717) is 23.8 Å². The number of thioether (sulfide) groups is 1. The molecule has 0 unspecified atom stereocenters. The predicted molar refractivity (Wildman–Crippen MR) is 80.2 cm³/mol. The fourth-order valence-electron chi connectivity index (χ4n) is 1.35. The van der Waals surface area contributed by atoms with Gasteiger partial charge in [0.05, 0.1) is 0 Å². The van der Waals surface area contributed by atoms with Gasteiger partial charge in [-0.1, -0.05) is 34.8 Å². The largest absolute Gasteiger partial charge is 0.334 e. The molecule has 0 aliphatic heterocycles. The Morgan fingerprint density at radius 1 is 1.32 bits per heavy atom. The first-order chi connectivity index (χ1) is 8.77. The zero-order valence-electron chi connectivity index (χ0n) is 10.8. The maximum absolute atomic E-state index is 12.0. The third-order valence-electron chi connectivity index (χ3n) is 2.30. The van der Waals surface area contributed by atoms with E-state index in [2.05, 4.69) is 9.97 Å². The molecule has 0 N–H and O–H groups in total. The standard InChI is InChI=1S/C11H14Cl3N3OS/c1-4-17(5-2)10(18)19-8-6-7(3)15-9(16-8)11(12,13)14/h6H,4-5H2,1-3H3. The number of aromatic nitrogens is 2. The highest BCUT2D eigenvalue weighted by Crippen LogP contribution is 2.36. The van der Waals surface area contributed by atoms with E-state index in [1.807, 2.05) is 13.8 Å². The lowest BCUT2D eigenvalue weighted by molar-refractivity contribution is 0.228. The second-order valence-corrected chi connectivity index (χ2v) is 6.96. The van der Waals surface area contributed by atoms with Crippen LogP contribution in [0, 0.1) is 6.92 Å². The zero-order chi connectivity index (χ0) is 14.6. The van der Waals surface area contributed by atoms with Crippen molar-refractivity contribution in [1.29, 1.82) is 0 Å². The highest BCUT2D eigenvalue weighted by Gasteiger charge is 2.28. The van der Waals surface area contributed by atoms with Crippen molar-refractivity contribution in [1.82, 2.24) is 14.9 Å². The maximum atomic E-state index is 12.0. The number of aryl methyl sites for hydroxylation is 1. The number of hydrogen-bond acceptors (Lipinski definition) is 4. The lowest BCUT2D eigenvalue weighted by Gasteiger charge is -2.18. The fraction of sp³-hybridized carbons (Fsp3) is 0.545. The Bertz CT molecular complexity index is 461. The number of halogens is 3. The SMILES string of the molecule is CCN(CC)C(=O)Sc1cc(C)nc(C(Cl)(Cl)Cl)n1. The number of carbonyl (C=O) groups is 1. The smallest absolute Gasteiger partial charge is 0.287 e. The van der Waals surface area contributed by atoms with E-state index >= 15 is 0 Å². The van der Waals surface area contributed by atoms with Crippen molar-refractivity contribution in [3.8, 4) is 0 Å². The Labute approximate surface area is 131 Å². The van der Waals surface area contributed by atoms with E-state index in [0.717, 1.165) is 11.8 Å². The molecule has 106 valence electrons. The molecule has 0 aromatic carbocycles. The Hall–Kier alpha value is -0.230. The van der Waals surface area contributed by atoms with Crippen molar-refractivity contribution in [2.75, 3.05) is 13.1 Å². The van der Waals surface area contributed by atoms with Gasteiger partial charge >= 0.3 is 0 Å². The molecule has 0 aliphatic rings. The van der Waals surface area contributed by atoms with Crippen molar-refractivity contribution < 1.29 is 4.79 Å². The summed E-state index contributed by atoms with van der Waals surface area (Å²) in [6.45, 7) is 6.88. The summed E-state index contributed by atoms with van der Waals surface area (Å²) in [4.78, 5) is 21.8. The molecular weight excluding hydrogens is 329 g/mol. The molecule has 19 heavy (non-hydrogen) atoms. The van der Waals surface area contributed by atoms with Gasteiger partial charge in [0.15, 0.2) is 5.82 Å². The van der Waals surface area contributed by atoms with Gasteiger partial charge in [-0.15, -0.1) is 0 Å². The first kappa shape index (κ1) is 16.8. The molecule has 8 heteroatoms. The topological polar surface area (TPSA) is 46.1 Å². The molecule has 0 saturated carbocycles. The molecule has 4 nitrogen and oxygen atoms in total. The minimum atomic E-state index is -1.69. The Kier molecular flexibility index (Phi) is 6.17. The third kappa shape index (κ3) is 4.99. The molecule has 0 spiro atoms. The highest BCUT2D eigenvalue weighted by molar-refractivity contribution is 8.13. The van der Waals surface area contributed by atoms with Crippen LogP contribution in [0.4, 0.5) is 4.79 Å². The second kappa shape index (κ2) is 6.97. The third-order valence-corrected chi connectivity index (χ3v) is 3.66. The van der Waals surface area contributed by atoms with Crippen molar-refractivity contribution in [3.63, 3.8) is 0 Å². The van der Waals surface area contributed by atoms with E-state index in [4.69, 9.17) is 34.8 Å². The van der Waals surface area contributed by atoms with Crippen LogP contribution in [0.2, 0.25) is 0 Å². The fourth-order valence-corrected chi connectivity index (χ4v) is 2.54. The molecule has 0 aliphatic carbocycles. The summed E-state index contributed by atoms with van der Waals surface area (Å²) in [5.41, 5.74) is 0.645. The summed E-state index contributed by atoms with van der Waals surface area (Å²) in [5, 5.41) is 0.393. The van der Waals surface area contributed by atoms with Gasteiger partial charge in [-0.25, -0.2) is 9.97 Å². The van der Waals surface area contributed by atoms with E-state index in [-0.39, 0.29) is 11.1 Å². The van der Waals surface area contributed by atoms with Gasteiger partial charge in [-0.05, 0) is 38.6 Å². The van der Waals surface area contributed by atoms with Crippen LogP contribution in [0.25, 0.3) is 0 Å². The summed E-state index contributed by atoms with van der Waals surface area (Å²) in [6.07, 6.45) is 0. The van der Waals surface area contributed by atoms with Gasteiger partial charge < -0.3 is 4.90 Å². The molecule has 1 aromatic heterocycles. The molecule has 0 atom stereocenters. The second-order valence-electron chi connectivity index (χ2n) is 3.71. The van der Waals surface area contributed by atoms with Gasteiger partial charge in [0.1, 0.15) is 5.03 Å². The van der Waals surface area contributed by atoms with Crippen LogP contribution in [0.15, 0.2) is 11.1 Å². The van der Waals surface area contributed by atoms with Gasteiger partial charge in [0, 0.05) is 18.8 Å². The number of alkyl halides is 3. The first-order valence-electron chi connectivity index (χ1n) is 5.67. The highest BCUT2D eigenvalue weighted by atomic mass is 35.6. The van der Waals surface area contributed by atoms with Crippen LogP contribution < -0.4 is 0 Å². The molecule has 1 aromatic rings. The molecule has 0 saturated heterocycles. The van der Waals surface area contributed by atoms with Crippen LogP contribution in [0.3, 0.4) is 0 Å². The summed E-state index contributed by atoms with van der Waals surface area (Å²) in [6, 6.07) is 1.69. The lowest BCUT2D eigenvalue weighted by atomic mass is 10.4. The minimum absolute atomic E-state index is 0.0762. The minimum Gasteiger partial charge on any atom is -0.334 e. The number of amides is 1. The van der Waals surface area contributed by atoms with Gasteiger partial charge in [0.25, 0.3) is 5.24 Å². The number of hydrogen-bond donors (Lipinski definition) is 0. The summed E-state index contributed by atoms with van der Waals surface area (Å²) in [7, 11) is 0. The molecular formula is C11H14Cl3N3OS. The van der Waals surface area contributed by atoms with E-state index < -0.39 is 3.79 Å². The molecule has 0 bridgehead atoms. The van der Waals surface area contributed by atoms with Crippen LogP contribution in [0.1, 0.15) is 25.4 Å². The van der Waals surface area contributed by atoms with E-state index in [1.54, 1.807) is 17.9 Å². The molecule has 0 radical (unpaired) electrons. The van der Waals surface area contributed by atoms with E-state index in [1.165, 1.54) is 0 Å². The number of rotatable bonds is 3. The Morgan fingerprint density at radius 3 is 2.37 bits per heavy atom. The molecule has 1 amide bonds. The van der Waals surface area contributed by atoms with E-state index in [9.17, 15) is 4.79 Å².